The zero-order chi connectivity index (χ0) is 12.3. The maximum absolute atomic E-state index is 11.7. The lowest BCUT2D eigenvalue weighted by Crippen LogP contribution is -2.24. The van der Waals surface area contributed by atoms with Crippen LogP contribution in [0, 0.1) is 0 Å². The molecule has 2 aromatic rings. The van der Waals surface area contributed by atoms with Crippen LogP contribution in [0.3, 0.4) is 0 Å². The molecule has 0 unspecified atom stereocenters. The van der Waals surface area contributed by atoms with Crippen molar-refractivity contribution in [3.05, 3.63) is 33.8 Å². The number of carbonyl (C=O) groups is 1. The number of hydrogen-bond donors (Lipinski definition) is 2. The summed E-state index contributed by atoms with van der Waals surface area (Å²) in [5.41, 5.74) is 0.236. The van der Waals surface area contributed by atoms with Gasteiger partial charge in [-0.15, -0.1) is 10.2 Å². The van der Waals surface area contributed by atoms with Crippen LogP contribution >= 0.6 is 23.2 Å². The van der Waals surface area contributed by atoms with Gasteiger partial charge in [-0.3, -0.25) is 4.79 Å². The van der Waals surface area contributed by atoms with Gasteiger partial charge in [0, 0.05) is 0 Å². The Balaban J connectivity index is 2.04. The zero-order valence-corrected chi connectivity index (χ0v) is 9.83. The Labute approximate surface area is 106 Å². The molecule has 0 aliphatic carbocycles. The van der Waals surface area contributed by atoms with E-state index in [1.54, 1.807) is 0 Å². The quantitative estimate of drug-likeness (QED) is 0.807. The molecule has 0 aliphatic heterocycles. The van der Waals surface area contributed by atoms with Crippen molar-refractivity contribution in [2.24, 2.45) is 0 Å². The first kappa shape index (κ1) is 11.7. The van der Waals surface area contributed by atoms with E-state index in [1.165, 1.54) is 12.1 Å². The van der Waals surface area contributed by atoms with E-state index < -0.39 is 0 Å². The number of aromatic nitrogens is 5. The molecule has 1 amide bonds. The van der Waals surface area contributed by atoms with Crippen molar-refractivity contribution < 1.29 is 4.79 Å². The topological polar surface area (TPSA) is 96.5 Å². The first-order chi connectivity index (χ1) is 8.16. The minimum atomic E-state index is -0.385. The van der Waals surface area contributed by atoms with E-state index in [2.05, 4.69) is 30.9 Å². The Kier molecular flexibility index (Phi) is 3.50. The summed E-state index contributed by atoms with van der Waals surface area (Å²) in [6.45, 7) is 0.147. The monoisotopic (exact) mass is 272 g/mol. The maximum atomic E-state index is 11.7. The van der Waals surface area contributed by atoms with Gasteiger partial charge in [0.05, 0.1) is 12.1 Å². The van der Waals surface area contributed by atoms with Crippen molar-refractivity contribution in [3.63, 3.8) is 0 Å². The number of H-pyrrole nitrogens is 1. The van der Waals surface area contributed by atoms with Gasteiger partial charge in [0.2, 0.25) is 0 Å². The van der Waals surface area contributed by atoms with Crippen LogP contribution in [0.2, 0.25) is 10.3 Å². The Morgan fingerprint density at radius 1 is 1.41 bits per heavy atom. The molecule has 0 saturated heterocycles. The van der Waals surface area contributed by atoms with Crippen molar-refractivity contribution in [1.29, 1.82) is 0 Å². The van der Waals surface area contributed by atoms with Crippen LogP contribution in [-0.4, -0.2) is 31.5 Å². The highest BCUT2D eigenvalue weighted by atomic mass is 35.5. The number of pyridine rings is 1. The minimum Gasteiger partial charge on any atom is -0.344 e. The molecule has 0 radical (unpaired) electrons. The van der Waals surface area contributed by atoms with E-state index in [-0.39, 0.29) is 28.3 Å². The molecule has 2 heterocycles. The van der Waals surface area contributed by atoms with Crippen LogP contribution in [0.25, 0.3) is 0 Å². The third-order valence-electron chi connectivity index (χ3n) is 1.86. The fourth-order valence-corrected chi connectivity index (χ4v) is 1.52. The van der Waals surface area contributed by atoms with Crippen LogP contribution in [0.15, 0.2) is 12.1 Å². The third-order valence-corrected chi connectivity index (χ3v) is 2.35. The van der Waals surface area contributed by atoms with Crippen LogP contribution in [-0.2, 0) is 6.54 Å². The summed E-state index contributed by atoms with van der Waals surface area (Å²) < 4.78 is 0. The summed E-state index contributed by atoms with van der Waals surface area (Å²) in [4.78, 5) is 15.5. The van der Waals surface area contributed by atoms with E-state index in [0.717, 1.165) is 0 Å². The lowest BCUT2D eigenvalue weighted by Gasteiger charge is -2.03. The number of halogens is 2. The first-order valence-corrected chi connectivity index (χ1v) is 5.25. The molecule has 0 spiro atoms. The van der Waals surface area contributed by atoms with Gasteiger partial charge in [-0.1, -0.05) is 28.4 Å². The predicted octanol–water partition coefficient (Wildman–Crippen LogP) is 0.831. The normalized spacial score (nSPS) is 10.2. The number of nitrogens with one attached hydrogen (secondary N) is 2. The predicted molar refractivity (Wildman–Crippen MR) is 59.6 cm³/mol. The second-order valence-electron chi connectivity index (χ2n) is 2.98. The first-order valence-electron chi connectivity index (χ1n) is 4.49. The van der Waals surface area contributed by atoms with E-state index in [1.807, 2.05) is 0 Å². The molecule has 2 aromatic heterocycles. The van der Waals surface area contributed by atoms with Crippen LogP contribution in [0.1, 0.15) is 16.2 Å². The summed E-state index contributed by atoms with van der Waals surface area (Å²) in [5.74, 6) is -0.0136. The number of tetrazole rings is 1. The third kappa shape index (κ3) is 2.89. The Hall–Kier alpha value is -1.73. The van der Waals surface area contributed by atoms with Gasteiger partial charge in [0.1, 0.15) is 10.3 Å². The molecule has 9 heteroatoms. The summed E-state index contributed by atoms with van der Waals surface area (Å²) in [6, 6.07) is 2.97. The van der Waals surface area contributed by atoms with Gasteiger partial charge < -0.3 is 5.32 Å². The average molecular weight is 273 g/mol. The van der Waals surface area contributed by atoms with Crippen molar-refractivity contribution >= 4 is 29.1 Å². The Bertz CT molecular complexity index is 529. The lowest BCUT2D eigenvalue weighted by molar-refractivity contribution is 0.0949. The van der Waals surface area contributed by atoms with E-state index in [9.17, 15) is 4.79 Å². The summed E-state index contributed by atoms with van der Waals surface area (Å²) in [6.07, 6.45) is 0. The fraction of sp³-hybridized carbons (Fsp3) is 0.125. The zero-order valence-electron chi connectivity index (χ0n) is 8.31. The lowest BCUT2D eigenvalue weighted by atomic mass is 10.2. The van der Waals surface area contributed by atoms with Gasteiger partial charge in [-0.2, -0.15) is 5.21 Å². The maximum Gasteiger partial charge on any atom is 0.254 e. The molecule has 0 bridgehead atoms. The standard InChI is InChI=1S/C8H6Cl2N6O/c9-5-2-1-4(7(10)12-5)8(17)11-3-6-13-15-16-14-6/h1-2H,3H2,(H,11,17)(H,13,14,15,16). The van der Waals surface area contributed by atoms with Crippen molar-refractivity contribution in [3.8, 4) is 0 Å². The molecule has 88 valence electrons. The Morgan fingerprint density at radius 2 is 2.24 bits per heavy atom. The molecule has 17 heavy (non-hydrogen) atoms. The highest BCUT2D eigenvalue weighted by Gasteiger charge is 2.12. The average Bonchev–Trinajstić information content (AvgIpc) is 2.78. The fourth-order valence-electron chi connectivity index (χ4n) is 1.09. The van der Waals surface area contributed by atoms with E-state index >= 15 is 0 Å². The number of hydrogen-bond acceptors (Lipinski definition) is 5. The molecule has 2 N–H and O–H groups in total. The molecule has 7 nitrogen and oxygen atoms in total. The molecule has 0 aliphatic rings. The van der Waals surface area contributed by atoms with Crippen LogP contribution in [0.5, 0.6) is 0 Å². The Morgan fingerprint density at radius 3 is 2.88 bits per heavy atom. The number of rotatable bonds is 3. The SMILES string of the molecule is O=C(NCc1nn[nH]n1)c1ccc(Cl)nc1Cl. The second-order valence-corrected chi connectivity index (χ2v) is 3.73. The number of nitrogens with zero attached hydrogens (tertiary/aromatic N) is 4. The van der Waals surface area contributed by atoms with Gasteiger partial charge in [0.15, 0.2) is 5.82 Å². The molecule has 0 atom stereocenters. The van der Waals surface area contributed by atoms with Gasteiger partial charge in [0.25, 0.3) is 5.91 Å². The summed E-state index contributed by atoms with van der Waals surface area (Å²) in [7, 11) is 0. The van der Waals surface area contributed by atoms with E-state index in [0.29, 0.717) is 5.82 Å². The number of aromatic amines is 1. The molecular weight excluding hydrogens is 267 g/mol. The smallest absolute Gasteiger partial charge is 0.254 e. The highest BCUT2D eigenvalue weighted by Crippen LogP contribution is 2.16. The molecule has 0 saturated carbocycles. The highest BCUT2D eigenvalue weighted by molar-refractivity contribution is 6.34. The van der Waals surface area contributed by atoms with Crippen LogP contribution in [0.4, 0.5) is 0 Å². The van der Waals surface area contributed by atoms with Gasteiger partial charge >= 0.3 is 0 Å². The summed E-state index contributed by atoms with van der Waals surface area (Å²) >= 11 is 11.4. The van der Waals surface area contributed by atoms with E-state index in [4.69, 9.17) is 23.2 Å². The molecule has 2 rings (SSSR count). The molecular formula is C8H6Cl2N6O. The second kappa shape index (κ2) is 5.07. The number of amides is 1. The van der Waals surface area contributed by atoms with Gasteiger partial charge in [-0.25, -0.2) is 4.98 Å². The van der Waals surface area contributed by atoms with Gasteiger partial charge in [-0.05, 0) is 12.1 Å². The number of carbonyl (C=O) groups excluding carboxylic acids is 1. The van der Waals surface area contributed by atoms with Crippen LogP contribution < -0.4 is 5.32 Å². The molecule has 0 aromatic carbocycles. The van der Waals surface area contributed by atoms with Crippen molar-refractivity contribution in [2.45, 2.75) is 6.54 Å². The van der Waals surface area contributed by atoms with Crippen molar-refractivity contribution in [2.75, 3.05) is 0 Å². The minimum absolute atomic E-state index is 0.0445. The molecule has 0 fully saturated rings. The van der Waals surface area contributed by atoms with Crippen molar-refractivity contribution in [1.82, 2.24) is 30.9 Å². The largest absolute Gasteiger partial charge is 0.344 e. The summed E-state index contributed by atoms with van der Waals surface area (Å²) in [5, 5.41) is 15.8.